The van der Waals surface area contributed by atoms with Crippen LogP contribution < -0.4 is 0 Å². The number of carboxylic acid groups (broad SMARTS) is 1. The Hall–Kier alpha value is -1.41. The molecule has 0 rings (SSSR count). The molecule has 0 aromatic rings. The predicted octanol–water partition coefficient (Wildman–Crippen LogP) is 7.51. The highest BCUT2D eigenvalue weighted by Crippen LogP contribution is 2.13. The van der Waals surface area contributed by atoms with Crippen molar-refractivity contribution in [3.63, 3.8) is 0 Å². The SMILES string of the molecule is CCCCCCCCCCCCCCCCC#CC#CCCCCC(=O)O. The molecule has 0 fully saturated rings. The highest BCUT2D eigenvalue weighted by Gasteiger charge is 1.94. The van der Waals surface area contributed by atoms with Crippen LogP contribution in [0.4, 0.5) is 0 Å². The summed E-state index contributed by atoms with van der Waals surface area (Å²) < 4.78 is 0. The van der Waals surface area contributed by atoms with Crippen LogP contribution in [0.1, 0.15) is 129 Å². The minimum atomic E-state index is -0.726. The van der Waals surface area contributed by atoms with Crippen molar-refractivity contribution in [2.45, 2.75) is 129 Å². The van der Waals surface area contributed by atoms with Crippen molar-refractivity contribution in [2.24, 2.45) is 0 Å². The lowest BCUT2D eigenvalue weighted by atomic mass is 10.0. The quantitative estimate of drug-likeness (QED) is 0.199. The number of carbonyl (C=O) groups is 1. The van der Waals surface area contributed by atoms with Gasteiger partial charge >= 0.3 is 5.97 Å². The van der Waals surface area contributed by atoms with Gasteiger partial charge in [0, 0.05) is 19.3 Å². The average Bonchev–Trinajstić information content (AvgIpc) is 2.65. The van der Waals surface area contributed by atoms with Crippen molar-refractivity contribution < 1.29 is 9.90 Å². The van der Waals surface area contributed by atoms with Crippen LogP contribution in [0.2, 0.25) is 0 Å². The van der Waals surface area contributed by atoms with Crippen molar-refractivity contribution >= 4 is 5.97 Å². The Labute approximate surface area is 168 Å². The third-order valence-corrected chi connectivity index (χ3v) is 4.84. The first kappa shape index (κ1) is 25.6. The monoisotopic (exact) mass is 374 g/mol. The molecule has 0 bridgehead atoms. The number of hydrogen-bond donors (Lipinski definition) is 1. The molecule has 0 aliphatic carbocycles. The molecule has 0 aromatic carbocycles. The van der Waals surface area contributed by atoms with Gasteiger partial charge in [0.2, 0.25) is 0 Å². The number of carboxylic acids is 1. The van der Waals surface area contributed by atoms with Crippen molar-refractivity contribution in [3.8, 4) is 23.7 Å². The summed E-state index contributed by atoms with van der Waals surface area (Å²) >= 11 is 0. The minimum Gasteiger partial charge on any atom is -0.481 e. The van der Waals surface area contributed by atoms with E-state index in [1.54, 1.807) is 0 Å². The molecule has 1 N–H and O–H groups in total. The highest BCUT2D eigenvalue weighted by atomic mass is 16.4. The average molecular weight is 375 g/mol. The molecular weight excluding hydrogens is 332 g/mol. The van der Waals surface area contributed by atoms with Crippen LogP contribution in [-0.2, 0) is 4.79 Å². The largest absolute Gasteiger partial charge is 0.481 e. The van der Waals surface area contributed by atoms with Gasteiger partial charge < -0.3 is 5.11 Å². The van der Waals surface area contributed by atoms with E-state index in [9.17, 15) is 4.79 Å². The fourth-order valence-electron chi connectivity index (χ4n) is 3.11. The summed E-state index contributed by atoms with van der Waals surface area (Å²) in [4.78, 5) is 10.3. The van der Waals surface area contributed by atoms with Gasteiger partial charge in [0.05, 0.1) is 0 Å². The lowest BCUT2D eigenvalue weighted by molar-refractivity contribution is -0.137. The van der Waals surface area contributed by atoms with E-state index in [-0.39, 0.29) is 6.42 Å². The first-order chi connectivity index (χ1) is 13.3. The molecule has 0 unspecified atom stereocenters. The van der Waals surface area contributed by atoms with Gasteiger partial charge in [-0.1, -0.05) is 102 Å². The second-order valence-corrected chi connectivity index (χ2v) is 7.55. The van der Waals surface area contributed by atoms with Crippen LogP contribution in [0.25, 0.3) is 0 Å². The van der Waals surface area contributed by atoms with Gasteiger partial charge in [-0.2, -0.15) is 0 Å². The molecule has 0 amide bonds. The number of hydrogen-bond acceptors (Lipinski definition) is 1. The molecule has 0 atom stereocenters. The molecule has 0 radical (unpaired) electrons. The zero-order valence-corrected chi connectivity index (χ0v) is 17.8. The smallest absolute Gasteiger partial charge is 0.303 e. The van der Waals surface area contributed by atoms with Crippen LogP contribution in [-0.4, -0.2) is 11.1 Å². The fourth-order valence-corrected chi connectivity index (χ4v) is 3.11. The third kappa shape index (κ3) is 24.6. The van der Waals surface area contributed by atoms with Gasteiger partial charge in [0.15, 0.2) is 0 Å². The van der Waals surface area contributed by atoms with Crippen LogP contribution in [0.3, 0.4) is 0 Å². The summed E-state index contributed by atoms with van der Waals surface area (Å²) in [7, 11) is 0. The molecule has 0 saturated heterocycles. The highest BCUT2D eigenvalue weighted by molar-refractivity contribution is 5.66. The summed E-state index contributed by atoms with van der Waals surface area (Å²) in [5.41, 5.74) is 0. The van der Waals surface area contributed by atoms with Gasteiger partial charge in [0.1, 0.15) is 0 Å². The van der Waals surface area contributed by atoms with Gasteiger partial charge in [-0.05, 0) is 31.1 Å². The fraction of sp³-hybridized carbons (Fsp3) is 0.800. The summed E-state index contributed by atoms with van der Waals surface area (Å²) in [6, 6.07) is 0. The van der Waals surface area contributed by atoms with E-state index >= 15 is 0 Å². The van der Waals surface area contributed by atoms with E-state index in [1.807, 2.05) is 0 Å². The first-order valence-corrected chi connectivity index (χ1v) is 11.4. The van der Waals surface area contributed by atoms with E-state index in [1.165, 1.54) is 89.9 Å². The Kier molecular flexibility index (Phi) is 21.4. The van der Waals surface area contributed by atoms with Crippen molar-refractivity contribution in [3.05, 3.63) is 0 Å². The molecule has 0 aliphatic rings. The second kappa shape index (κ2) is 22.6. The van der Waals surface area contributed by atoms with Gasteiger partial charge in [-0.3, -0.25) is 4.79 Å². The summed E-state index contributed by atoms with van der Waals surface area (Å²) in [6.07, 6.45) is 22.9. The second-order valence-electron chi connectivity index (χ2n) is 7.55. The maximum absolute atomic E-state index is 10.3. The van der Waals surface area contributed by atoms with Crippen LogP contribution >= 0.6 is 0 Å². The molecule has 0 saturated carbocycles. The third-order valence-electron chi connectivity index (χ3n) is 4.84. The normalized spacial score (nSPS) is 9.96. The Bertz CT molecular complexity index is 444. The van der Waals surface area contributed by atoms with Crippen LogP contribution in [0, 0.1) is 23.7 Å². The maximum Gasteiger partial charge on any atom is 0.303 e. The lowest BCUT2D eigenvalue weighted by Gasteiger charge is -2.02. The van der Waals surface area contributed by atoms with Crippen LogP contribution in [0.15, 0.2) is 0 Å². The summed E-state index contributed by atoms with van der Waals surface area (Å²) in [6.45, 7) is 2.28. The zero-order valence-electron chi connectivity index (χ0n) is 17.8. The molecule has 0 spiro atoms. The molecule has 0 aromatic heterocycles. The first-order valence-electron chi connectivity index (χ1n) is 11.4. The van der Waals surface area contributed by atoms with Gasteiger partial charge in [-0.25, -0.2) is 0 Å². The Balaban J connectivity index is 3.20. The molecule has 154 valence electrons. The molecular formula is C25H42O2. The standard InChI is InChI=1S/C25H42O2/c1-2-3-4-5-6-7-8-9-10-11-12-13-14-15-16-17-18-19-20-21-22-23-24-25(26)27/h2-16,21-24H2,1H3,(H,26,27). The van der Waals surface area contributed by atoms with Crippen molar-refractivity contribution in [2.75, 3.05) is 0 Å². The van der Waals surface area contributed by atoms with Crippen molar-refractivity contribution in [1.82, 2.24) is 0 Å². The molecule has 2 heteroatoms. The molecule has 27 heavy (non-hydrogen) atoms. The zero-order chi connectivity index (χ0) is 19.8. The van der Waals surface area contributed by atoms with E-state index < -0.39 is 5.97 Å². The summed E-state index contributed by atoms with van der Waals surface area (Å²) in [5, 5.41) is 8.52. The van der Waals surface area contributed by atoms with E-state index in [4.69, 9.17) is 5.11 Å². The van der Waals surface area contributed by atoms with Gasteiger partial charge in [-0.15, -0.1) is 0 Å². The topological polar surface area (TPSA) is 37.3 Å². The Morgan fingerprint density at radius 1 is 0.593 bits per heavy atom. The number of unbranched alkanes of at least 4 members (excludes halogenated alkanes) is 16. The molecule has 2 nitrogen and oxygen atoms in total. The molecule has 0 heterocycles. The van der Waals surface area contributed by atoms with E-state index in [0.29, 0.717) is 6.42 Å². The number of aliphatic carboxylic acids is 1. The predicted molar refractivity (Wildman–Crippen MR) is 117 cm³/mol. The van der Waals surface area contributed by atoms with Crippen LogP contribution in [0.5, 0.6) is 0 Å². The van der Waals surface area contributed by atoms with E-state index in [0.717, 1.165) is 19.3 Å². The van der Waals surface area contributed by atoms with E-state index in [2.05, 4.69) is 30.6 Å². The van der Waals surface area contributed by atoms with Crippen molar-refractivity contribution in [1.29, 1.82) is 0 Å². The Morgan fingerprint density at radius 2 is 0.963 bits per heavy atom. The maximum atomic E-state index is 10.3. The summed E-state index contributed by atoms with van der Waals surface area (Å²) in [5.74, 6) is 11.2. The lowest BCUT2D eigenvalue weighted by Crippen LogP contribution is -1.92. The van der Waals surface area contributed by atoms with Gasteiger partial charge in [0.25, 0.3) is 0 Å². The minimum absolute atomic E-state index is 0.243. The number of rotatable bonds is 18. The molecule has 0 aliphatic heterocycles. The Morgan fingerprint density at radius 3 is 1.37 bits per heavy atom.